The van der Waals surface area contributed by atoms with Crippen LogP contribution >= 0.6 is 11.6 Å². The third-order valence-corrected chi connectivity index (χ3v) is 2.70. The van der Waals surface area contributed by atoms with Gasteiger partial charge < -0.3 is 4.74 Å². The van der Waals surface area contributed by atoms with Crippen LogP contribution < -0.4 is 4.74 Å². The Morgan fingerprint density at radius 2 is 2.25 bits per heavy atom. The van der Waals surface area contributed by atoms with Crippen LogP contribution in [0, 0.1) is 11.8 Å². The summed E-state index contributed by atoms with van der Waals surface area (Å²) in [6.07, 6.45) is 1.69. The second-order valence-electron chi connectivity index (χ2n) is 4.60. The molecule has 0 unspecified atom stereocenters. The molecule has 1 heterocycles. The van der Waals surface area contributed by atoms with Crippen molar-refractivity contribution >= 4 is 11.6 Å². The van der Waals surface area contributed by atoms with Gasteiger partial charge in [-0.15, -0.1) is 11.6 Å². The first-order valence-electron chi connectivity index (χ1n) is 5.47. The largest absolute Gasteiger partial charge is 0.487 e. The van der Waals surface area contributed by atoms with Crippen LogP contribution in [0.4, 0.5) is 0 Å². The van der Waals surface area contributed by atoms with Crippen molar-refractivity contribution in [3.8, 4) is 17.6 Å². The molecule has 0 fully saturated rings. The number of rotatable bonds is 1. The summed E-state index contributed by atoms with van der Waals surface area (Å²) < 4.78 is 5.81. The Labute approximate surface area is 102 Å². The van der Waals surface area contributed by atoms with E-state index in [0.717, 1.165) is 24.2 Å². The lowest BCUT2D eigenvalue weighted by molar-refractivity contribution is 0.138. The number of hydrogen-bond acceptors (Lipinski definition) is 1. The maximum atomic E-state index is 5.81. The summed E-state index contributed by atoms with van der Waals surface area (Å²) in [5.41, 5.74) is 2.22. The van der Waals surface area contributed by atoms with Crippen LogP contribution in [-0.4, -0.2) is 11.5 Å². The van der Waals surface area contributed by atoms with Gasteiger partial charge in [0.25, 0.3) is 0 Å². The molecular weight excluding hydrogens is 220 g/mol. The van der Waals surface area contributed by atoms with Gasteiger partial charge in [0.15, 0.2) is 0 Å². The Balaban J connectivity index is 2.20. The van der Waals surface area contributed by atoms with Gasteiger partial charge in [-0.05, 0) is 37.6 Å². The predicted molar refractivity (Wildman–Crippen MR) is 67.1 cm³/mol. The van der Waals surface area contributed by atoms with E-state index < -0.39 is 0 Å². The molecule has 1 aliphatic heterocycles. The van der Waals surface area contributed by atoms with Crippen LogP contribution in [0.25, 0.3) is 0 Å². The van der Waals surface area contributed by atoms with Gasteiger partial charge >= 0.3 is 0 Å². The molecule has 16 heavy (non-hydrogen) atoms. The number of halogens is 1. The molecule has 1 aromatic carbocycles. The fourth-order valence-electron chi connectivity index (χ4n) is 1.90. The molecule has 0 saturated heterocycles. The molecule has 0 aliphatic carbocycles. The Kier molecular flexibility index (Phi) is 3.12. The highest BCUT2D eigenvalue weighted by molar-refractivity contribution is 6.18. The number of alkyl halides is 1. The van der Waals surface area contributed by atoms with Crippen LogP contribution in [0.2, 0.25) is 0 Å². The molecule has 0 radical (unpaired) electrons. The normalized spacial score (nSPS) is 15.9. The molecule has 0 N–H and O–H groups in total. The van der Waals surface area contributed by atoms with Crippen LogP contribution in [-0.2, 0) is 6.42 Å². The highest BCUT2D eigenvalue weighted by Gasteiger charge is 2.29. The molecule has 0 amide bonds. The summed E-state index contributed by atoms with van der Waals surface area (Å²) in [7, 11) is 0. The molecule has 1 aliphatic rings. The first-order chi connectivity index (χ1) is 7.61. The van der Waals surface area contributed by atoms with Gasteiger partial charge in [0.05, 0.1) is 0 Å². The van der Waals surface area contributed by atoms with Crippen molar-refractivity contribution < 1.29 is 4.74 Å². The van der Waals surface area contributed by atoms with Crippen molar-refractivity contribution in [3.05, 3.63) is 29.3 Å². The standard InChI is InChI=1S/C14H15ClO/c1-14(2)10-12-9-11(5-3-4-8-15)6-7-13(12)16-14/h6-7,9H,4,8,10H2,1-2H3. The molecule has 1 nitrogen and oxygen atoms in total. The maximum absolute atomic E-state index is 5.81. The molecule has 0 spiro atoms. The minimum Gasteiger partial charge on any atom is -0.487 e. The van der Waals surface area contributed by atoms with E-state index in [1.807, 2.05) is 12.1 Å². The van der Waals surface area contributed by atoms with E-state index in [4.69, 9.17) is 16.3 Å². The third-order valence-electron chi connectivity index (χ3n) is 2.52. The third kappa shape index (κ3) is 2.51. The zero-order chi connectivity index (χ0) is 11.6. The Morgan fingerprint density at radius 1 is 1.44 bits per heavy atom. The van der Waals surface area contributed by atoms with Gasteiger partial charge in [0.2, 0.25) is 0 Å². The van der Waals surface area contributed by atoms with E-state index in [9.17, 15) is 0 Å². The van der Waals surface area contributed by atoms with E-state index in [1.165, 1.54) is 5.56 Å². The quantitative estimate of drug-likeness (QED) is 0.535. The minimum atomic E-state index is -0.0788. The van der Waals surface area contributed by atoms with Gasteiger partial charge in [0, 0.05) is 24.3 Å². The average Bonchev–Trinajstić information content (AvgIpc) is 2.51. The van der Waals surface area contributed by atoms with Gasteiger partial charge in [-0.1, -0.05) is 11.8 Å². The van der Waals surface area contributed by atoms with E-state index >= 15 is 0 Å². The van der Waals surface area contributed by atoms with Gasteiger partial charge in [0.1, 0.15) is 11.4 Å². The lowest BCUT2D eigenvalue weighted by Crippen LogP contribution is -2.24. The summed E-state index contributed by atoms with van der Waals surface area (Å²) in [6.45, 7) is 4.21. The second-order valence-corrected chi connectivity index (χ2v) is 4.98. The molecule has 1 aromatic rings. The smallest absolute Gasteiger partial charge is 0.123 e. The monoisotopic (exact) mass is 234 g/mol. The van der Waals surface area contributed by atoms with Crippen LogP contribution in [0.15, 0.2) is 18.2 Å². The fourth-order valence-corrected chi connectivity index (χ4v) is 1.99. The highest BCUT2D eigenvalue weighted by Crippen LogP contribution is 2.34. The van der Waals surface area contributed by atoms with Crippen LogP contribution in [0.1, 0.15) is 31.4 Å². The van der Waals surface area contributed by atoms with Crippen molar-refractivity contribution in [2.24, 2.45) is 0 Å². The van der Waals surface area contributed by atoms with Crippen LogP contribution in [0.5, 0.6) is 5.75 Å². The average molecular weight is 235 g/mol. The van der Waals surface area contributed by atoms with E-state index in [0.29, 0.717) is 5.88 Å². The molecular formula is C14H15ClO. The summed E-state index contributed by atoms with van der Waals surface area (Å²) in [5, 5.41) is 0. The molecule has 2 heteroatoms. The second kappa shape index (κ2) is 4.39. The molecule has 0 atom stereocenters. The number of benzene rings is 1. The maximum Gasteiger partial charge on any atom is 0.123 e. The van der Waals surface area contributed by atoms with Crippen molar-refractivity contribution in [2.45, 2.75) is 32.3 Å². The number of ether oxygens (including phenoxy) is 1. The van der Waals surface area contributed by atoms with E-state index in [-0.39, 0.29) is 5.60 Å². The summed E-state index contributed by atoms with van der Waals surface area (Å²) in [6, 6.07) is 6.13. The van der Waals surface area contributed by atoms with Gasteiger partial charge in [-0.3, -0.25) is 0 Å². The summed E-state index contributed by atoms with van der Waals surface area (Å²) in [4.78, 5) is 0. The van der Waals surface area contributed by atoms with E-state index in [1.54, 1.807) is 0 Å². The molecule has 0 aromatic heterocycles. The number of hydrogen-bond donors (Lipinski definition) is 0. The summed E-state index contributed by atoms with van der Waals surface area (Å²) in [5.74, 6) is 7.74. The molecule has 2 rings (SSSR count). The Morgan fingerprint density at radius 3 is 3.00 bits per heavy atom. The Bertz CT molecular complexity index is 452. The van der Waals surface area contributed by atoms with Crippen molar-refractivity contribution in [1.29, 1.82) is 0 Å². The van der Waals surface area contributed by atoms with Gasteiger partial charge in [-0.25, -0.2) is 0 Å². The first-order valence-corrected chi connectivity index (χ1v) is 6.01. The van der Waals surface area contributed by atoms with Gasteiger partial charge in [-0.2, -0.15) is 0 Å². The predicted octanol–water partition coefficient (Wildman–Crippen LogP) is 3.38. The SMILES string of the molecule is CC1(C)Cc2cc(C#CCCCl)ccc2O1. The zero-order valence-corrected chi connectivity index (χ0v) is 10.4. The lowest BCUT2D eigenvalue weighted by atomic mass is 10.0. The highest BCUT2D eigenvalue weighted by atomic mass is 35.5. The van der Waals surface area contributed by atoms with E-state index in [2.05, 4.69) is 31.8 Å². The number of fused-ring (bicyclic) bond motifs is 1. The van der Waals surface area contributed by atoms with Crippen molar-refractivity contribution in [2.75, 3.05) is 5.88 Å². The summed E-state index contributed by atoms with van der Waals surface area (Å²) >= 11 is 5.58. The molecule has 0 bridgehead atoms. The van der Waals surface area contributed by atoms with Crippen molar-refractivity contribution in [3.63, 3.8) is 0 Å². The fraction of sp³-hybridized carbons (Fsp3) is 0.429. The molecule has 84 valence electrons. The van der Waals surface area contributed by atoms with Crippen molar-refractivity contribution in [1.82, 2.24) is 0 Å². The lowest BCUT2D eigenvalue weighted by Gasteiger charge is -2.16. The van der Waals surface area contributed by atoms with Crippen LogP contribution in [0.3, 0.4) is 0 Å². The molecule has 0 saturated carbocycles. The Hall–Kier alpha value is -1.13. The topological polar surface area (TPSA) is 9.23 Å². The zero-order valence-electron chi connectivity index (χ0n) is 9.64. The first kappa shape index (κ1) is 11.4. The minimum absolute atomic E-state index is 0.0788.